The maximum Gasteiger partial charge on any atom is 0.417 e. The summed E-state index contributed by atoms with van der Waals surface area (Å²) in [6.45, 7) is 0. The molecule has 0 bridgehead atoms. The Balaban J connectivity index is 1.88. The molecule has 2 aromatic carbocycles. The molecule has 2 N–H and O–H groups in total. The number of amides is 1. The molecular formula is C19H11ClF3N3O4S. The number of H-pyrrole nitrogens is 1. The third-order valence-corrected chi connectivity index (χ3v) is 5.26. The standard InChI is InChI=1S/C19H11ClF3N3O4S/c20-12-2-4-13(5-3-12)31-16-6-1-10(7-15(16)26(29)30)17(27)25-14-8-11(19(21,22)23)9-24-18(14)28/h1-9H,(H,24,28)(H,25,27). The minimum absolute atomic E-state index is 0.205. The lowest BCUT2D eigenvalue weighted by atomic mass is 10.2. The Morgan fingerprint density at radius 2 is 1.81 bits per heavy atom. The van der Waals surface area contributed by atoms with Crippen molar-refractivity contribution in [1.29, 1.82) is 0 Å². The zero-order valence-electron chi connectivity index (χ0n) is 15.2. The summed E-state index contributed by atoms with van der Waals surface area (Å²) in [7, 11) is 0. The normalized spacial score (nSPS) is 11.2. The lowest BCUT2D eigenvalue weighted by Gasteiger charge is -2.10. The first kappa shape index (κ1) is 22.4. The minimum atomic E-state index is -4.73. The van der Waals surface area contributed by atoms with E-state index in [1.165, 1.54) is 12.1 Å². The van der Waals surface area contributed by atoms with Gasteiger partial charge in [-0.2, -0.15) is 13.2 Å². The number of benzene rings is 2. The molecule has 0 atom stereocenters. The molecule has 7 nitrogen and oxygen atoms in total. The van der Waals surface area contributed by atoms with Crippen molar-refractivity contribution >= 4 is 40.6 Å². The number of alkyl halides is 3. The summed E-state index contributed by atoms with van der Waals surface area (Å²) in [5, 5.41) is 14.0. The van der Waals surface area contributed by atoms with Crippen LogP contribution < -0.4 is 10.9 Å². The highest BCUT2D eigenvalue weighted by Crippen LogP contribution is 2.36. The molecule has 1 aromatic heterocycles. The van der Waals surface area contributed by atoms with Gasteiger partial charge in [-0.1, -0.05) is 23.4 Å². The molecule has 0 saturated heterocycles. The molecule has 0 aliphatic heterocycles. The van der Waals surface area contributed by atoms with E-state index in [0.29, 0.717) is 22.2 Å². The summed E-state index contributed by atoms with van der Waals surface area (Å²) in [6, 6.07) is 10.6. The second-order valence-corrected chi connectivity index (χ2v) is 7.63. The maximum atomic E-state index is 12.8. The van der Waals surface area contributed by atoms with Crippen molar-refractivity contribution in [2.24, 2.45) is 0 Å². The van der Waals surface area contributed by atoms with Crippen LogP contribution in [0.3, 0.4) is 0 Å². The maximum absolute atomic E-state index is 12.8. The Bertz CT molecular complexity index is 1210. The van der Waals surface area contributed by atoms with Crippen LogP contribution in [0, 0.1) is 10.1 Å². The fourth-order valence-electron chi connectivity index (χ4n) is 2.45. The molecule has 31 heavy (non-hydrogen) atoms. The molecular weight excluding hydrogens is 459 g/mol. The van der Waals surface area contributed by atoms with E-state index in [-0.39, 0.29) is 16.1 Å². The van der Waals surface area contributed by atoms with Gasteiger partial charge in [-0.3, -0.25) is 19.7 Å². The largest absolute Gasteiger partial charge is 0.417 e. The summed E-state index contributed by atoms with van der Waals surface area (Å²) >= 11 is 6.89. The Morgan fingerprint density at radius 3 is 2.42 bits per heavy atom. The number of hydrogen-bond donors (Lipinski definition) is 2. The lowest BCUT2D eigenvalue weighted by molar-refractivity contribution is -0.387. The number of aromatic nitrogens is 1. The molecule has 0 aliphatic rings. The zero-order valence-corrected chi connectivity index (χ0v) is 16.8. The van der Waals surface area contributed by atoms with Crippen LogP contribution in [0.2, 0.25) is 5.02 Å². The van der Waals surface area contributed by atoms with Gasteiger partial charge in [0.2, 0.25) is 0 Å². The van der Waals surface area contributed by atoms with E-state index >= 15 is 0 Å². The van der Waals surface area contributed by atoms with Crippen LogP contribution in [0.1, 0.15) is 15.9 Å². The van der Waals surface area contributed by atoms with E-state index in [1.807, 2.05) is 4.98 Å². The molecule has 0 unspecified atom stereocenters. The molecule has 0 radical (unpaired) electrons. The van der Waals surface area contributed by atoms with Gasteiger partial charge < -0.3 is 10.3 Å². The Kier molecular flexibility index (Phi) is 6.37. The third kappa shape index (κ3) is 5.44. The lowest BCUT2D eigenvalue weighted by Crippen LogP contribution is -2.21. The van der Waals surface area contributed by atoms with Crippen LogP contribution in [-0.2, 0) is 6.18 Å². The van der Waals surface area contributed by atoms with E-state index < -0.39 is 33.8 Å². The predicted octanol–water partition coefficient (Wildman–Crippen LogP) is 5.36. The summed E-state index contributed by atoms with van der Waals surface area (Å²) in [5.74, 6) is -0.976. The van der Waals surface area contributed by atoms with Crippen LogP contribution in [0.4, 0.5) is 24.5 Å². The molecule has 12 heteroatoms. The van der Waals surface area contributed by atoms with Crippen molar-refractivity contribution in [2.45, 2.75) is 16.0 Å². The Hall–Kier alpha value is -3.31. The van der Waals surface area contributed by atoms with E-state index in [1.54, 1.807) is 24.3 Å². The second kappa shape index (κ2) is 8.82. The first-order valence-corrected chi connectivity index (χ1v) is 9.57. The van der Waals surface area contributed by atoms with Gasteiger partial charge in [0.15, 0.2) is 0 Å². The van der Waals surface area contributed by atoms with Crippen molar-refractivity contribution in [2.75, 3.05) is 5.32 Å². The van der Waals surface area contributed by atoms with Gasteiger partial charge in [0, 0.05) is 27.7 Å². The van der Waals surface area contributed by atoms with Crippen molar-refractivity contribution < 1.29 is 22.9 Å². The zero-order chi connectivity index (χ0) is 22.8. The number of nitrogens with one attached hydrogen (secondary N) is 2. The average Bonchev–Trinajstić information content (AvgIpc) is 2.70. The van der Waals surface area contributed by atoms with E-state index in [9.17, 15) is 32.9 Å². The van der Waals surface area contributed by atoms with Gasteiger partial charge in [0.1, 0.15) is 5.69 Å². The van der Waals surface area contributed by atoms with Crippen LogP contribution in [-0.4, -0.2) is 15.8 Å². The Morgan fingerprint density at radius 1 is 1.13 bits per heavy atom. The van der Waals surface area contributed by atoms with Gasteiger partial charge >= 0.3 is 6.18 Å². The molecule has 3 aromatic rings. The van der Waals surface area contributed by atoms with Crippen molar-refractivity contribution in [3.05, 3.63) is 91.3 Å². The summed E-state index contributed by atoms with van der Waals surface area (Å²) < 4.78 is 38.5. The van der Waals surface area contributed by atoms with Crippen molar-refractivity contribution in [3.8, 4) is 0 Å². The summed E-state index contributed by atoms with van der Waals surface area (Å²) in [5.41, 5.74) is -3.34. The first-order chi connectivity index (χ1) is 14.5. The summed E-state index contributed by atoms with van der Waals surface area (Å²) in [6.07, 6.45) is -4.26. The van der Waals surface area contributed by atoms with Gasteiger partial charge in [0.05, 0.1) is 15.4 Å². The molecule has 1 amide bonds. The molecule has 0 aliphatic carbocycles. The number of rotatable bonds is 5. The van der Waals surface area contributed by atoms with Crippen LogP contribution in [0.5, 0.6) is 0 Å². The average molecular weight is 470 g/mol. The fraction of sp³-hybridized carbons (Fsp3) is 0.0526. The number of nitro benzene ring substituents is 1. The van der Waals surface area contributed by atoms with Crippen molar-refractivity contribution in [1.82, 2.24) is 4.98 Å². The second-order valence-electron chi connectivity index (χ2n) is 6.08. The molecule has 1 heterocycles. The minimum Gasteiger partial charge on any atom is -0.327 e. The van der Waals surface area contributed by atoms with Gasteiger partial charge in [-0.25, -0.2) is 0 Å². The van der Waals surface area contributed by atoms with Crippen molar-refractivity contribution in [3.63, 3.8) is 0 Å². The van der Waals surface area contributed by atoms with Crippen LogP contribution >= 0.6 is 23.4 Å². The molecule has 0 fully saturated rings. The number of carbonyl (C=O) groups is 1. The molecule has 0 saturated carbocycles. The highest BCUT2D eigenvalue weighted by Gasteiger charge is 2.31. The van der Waals surface area contributed by atoms with E-state index in [0.717, 1.165) is 17.8 Å². The van der Waals surface area contributed by atoms with Gasteiger partial charge in [-0.05, 0) is 42.5 Å². The fourth-order valence-corrected chi connectivity index (χ4v) is 3.48. The number of nitro groups is 1. The molecule has 0 spiro atoms. The quantitative estimate of drug-likeness (QED) is 0.386. The third-order valence-electron chi connectivity index (χ3n) is 3.94. The molecule has 160 valence electrons. The smallest absolute Gasteiger partial charge is 0.327 e. The number of hydrogen-bond acceptors (Lipinski definition) is 5. The number of aromatic amines is 1. The number of halogens is 4. The number of pyridine rings is 1. The highest BCUT2D eigenvalue weighted by atomic mass is 35.5. The number of carbonyl (C=O) groups excluding carboxylic acids is 1. The molecule has 3 rings (SSSR count). The van der Waals surface area contributed by atoms with Gasteiger partial charge in [0.25, 0.3) is 17.2 Å². The van der Waals surface area contributed by atoms with E-state index in [4.69, 9.17) is 11.6 Å². The van der Waals surface area contributed by atoms with Crippen LogP contribution in [0.25, 0.3) is 0 Å². The number of anilines is 1. The number of nitrogens with zero attached hydrogens (tertiary/aromatic N) is 1. The van der Waals surface area contributed by atoms with Gasteiger partial charge in [-0.15, -0.1) is 0 Å². The topological polar surface area (TPSA) is 105 Å². The Labute approximate surface area is 181 Å². The first-order valence-electron chi connectivity index (χ1n) is 8.38. The summed E-state index contributed by atoms with van der Waals surface area (Å²) in [4.78, 5) is 37.8. The monoisotopic (exact) mass is 469 g/mol. The highest BCUT2D eigenvalue weighted by molar-refractivity contribution is 7.99. The predicted molar refractivity (Wildman–Crippen MR) is 109 cm³/mol. The SMILES string of the molecule is O=C(Nc1cc(C(F)(F)F)c[nH]c1=O)c1ccc(Sc2ccc(Cl)cc2)c([N+](=O)[O-])c1. The van der Waals surface area contributed by atoms with E-state index in [2.05, 4.69) is 5.32 Å². The van der Waals surface area contributed by atoms with Crippen LogP contribution in [0.15, 0.2) is 69.3 Å².